The molecule has 9 aromatic rings. The summed E-state index contributed by atoms with van der Waals surface area (Å²) in [6.07, 6.45) is 2.40. The summed E-state index contributed by atoms with van der Waals surface area (Å²) in [7, 11) is 2.45. The van der Waals surface area contributed by atoms with Gasteiger partial charge in [0.1, 0.15) is 0 Å². The van der Waals surface area contributed by atoms with E-state index in [0.717, 1.165) is 0 Å². The molecule has 0 atom stereocenters. The molecule has 1 aliphatic carbocycles. The summed E-state index contributed by atoms with van der Waals surface area (Å²) < 4.78 is 5.14. The largest absolute Gasteiger partial charge is 0.354 e. The van der Waals surface area contributed by atoms with Crippen molar-refractivity contribution in [1.82, 2.24) is 4.57 Å². The first-order valence-electron chi connectivity index (χ1n) is 19.0. The first-order valence-corrected chi connectivity index (χ1v) is 19.8. The van der Waals surface area contributed by atoms with E-state index in [9.17, 15) is 0 Å². The molecule has 1 N–H and O–H groups in total. The van der Waals surface area contributed by atoms with Gasteiger partial charge in [0.15, 0.2) is 7.28 Å². The van der Waals surface area contributed by atoms with E-state index in [0.29, 0.717) is 0 Å². The number of hydrogen-bond donors (Lipinski definition) is 1. The number of hydrogen-bond acceptors (Lipinski definition) is 2. The standard InChI is InChI=1S/C49H40BN2S/c1-28-37(23-22-35-44(28)49(4,5)26-25-48(35,2)3)51-46-34(21-24-41-43(46)33-16-9-11-20-40(33)53-41)42-30-14-7-6-13-29(30)27-39-45(42)50-36-18-12-17-32-31-15-8-10-19-38(31)52(39)47(32)36/h6-24,27,51H,25-26H2,1-5H3. The third kappa shape index (κ3) is 4.33. The van der Waals surface area contributed by atoms with E-state index >= 15 is 0 Å². The van der Waals surface area contributed by atoms with Crippen LogP contribution < -0.4 is 16.2 Å². The maximum atomic E-state index is 4.20. The molecule has 3 heterocycles. The number of aromatic nitrogens is 1. The van der Waals surface area contributed by atoms with E-state index in [1.54, 1.807) is 0 Å². The van der Waals surface area contributed by atoms with Crippen molar-refractivity contribution in [2.24, 2.45) is 0 Å². The fourth-order valence-electron chi connectivity index (χ4n) is 9.99. The lowest BCUT2D eigenvalue weighted by atomic mass is 9.58. The van der Waals surface area contributed by atoms with Crippen LogP contribution in [0.2, 0.25) is 0 Å². The van der Waals surface area contributed by atoms with Crippen LogP contribution >= 0.6 is 11.3 Å². The van der Waals surface area contributed by atoms with Crippen LogP contribution in [0, 0.1) is 6.92 Å². The summed E-state index contributed by atoms with van der Waals surface area (Å²) in [5, 5.41) is 11.9. The number of para-hydroxylation sites is 2. The van der Waals surface area contributed by atoms with Crippen LogP contribution in [0.5, 0.6) is 0 Å². The Morgan fingerprint density at radius 3 is 2.28 bits per heavy atom. The van der Waals surface area contributed by atoms with Crippen LogP contribution in [0.3, 0.4) is 0 Å². The lowest BCUT2D eigenvalue weighted by Gasteiger charge is -2.43. The van der Waals surface area contributed by atoms with Gasteiger partial charge in [0.25, 0.3) is 0 Å². The Kier molecular flexibility index (Phi) is 6.40. The van der Waals surface area contributed by atoms with Crippen molar-refractivity contribution >= 4 is 93.7 Å². The van der Waals surface area contributed by atoms with Crippen LogP contribution in [0.15, 0.2) is 121 Å². The number of nitrogens with one attached hydrogen (secondary N) is 1. The lowest BCUT2D eigenvalue weighted by Crippen LogP contribution is -2.37. The number of thiophene rings is 1. The van der Waals surface area contributed by atoms with Crippen molar-refractivity contribution in [3.63, 3.8) is 0 Å². The third-order valence-corrected chi connectivity index (χ3v) is 13.8. The Labute approximate surface area is 315 Å². The first kappa shape index (κ1) is 31.2. The average molecular weight is 700 g/mol. The highest BCUT2D eigenvalue weighted by Gasteiger charge is 2.39. The third-order valence-electron chi connectivity index (χ3n) is 12.7. The molecule has 0 bridgehead atoms. The van der Waals surface area contributed by atoms with Crippen molar-refractivity contribution in [3.8, 4) is 16.8 Å². The average Bonchev–Trinajstić information content (AvgIpc) is 3.71. The zero-order chi connectivity index (χ0) is 35.8. The van der Waals surface area contributed by atoms with Crippen molar-refractivity contribution in [1.29, 1.82) is 0 Å². The number of benzene rings is 7. The highest BCUT2D eigenvalue weighted by molar-refractivity contribution is 7.26. The Balaban J connectivity index is 1.24. The summed E-state index contributed by atoms with van der Waals surface area (Å²) >= 11 is 1.89. The maximum absolute atomic E-state index is 4.20. The smallest absolute Gasteiger partial charge is 0.197 e. The maximum Gasteiger partial charge on any atom is 0.197 e. The quantitative estimate of drug-likeness (QED) is 0.182. The predicted octanol–water partition coefficient (Wildman–Crippen LogP) is 12.3. The van der Waals surface area contributed by atoms with Gasteiger partial charge in [0, 0.05) is 53.4 Å². The topological polar surface area (TPSA) is 17.0 Å². The van der Waals surface area contributed by atoms with Crippen LogP contribution in [0.25, 0.3) is 69.6 Å². The molecular formula is C49H40BN2S. The monoisotopic (exact) mass is 699 g/mol. The zero-order valence-electron chi connectivity index (χ0n) is 30.9. The molecule has 11 rings (SSSR count). The minimum Gasteiger partial charge on any atom is -0.354 e. The normalized spacial score (nSPS) is 15.6. The number of nitrogens with zero attached hydrogens (tertiary/aromatic N) is 1. The molecule has 0 saturated heterocycles. The molecule has 0 saturated carbocycles. The molecule has 4 heteroatoms. The minimum absolute atomic E-state index is 0.110. The predicted molar refractivity (Wildman–Crippen MR) is 231 cm³/mol. The number of rotatable bonds is 3. The molecule has 0 spiro atoms. The highest BCUT2D eigenvalue weighted by atomic mass is 32.1. The van der Waals surface area contributed by atoms with E-state index < -0.39 is 0 Å². The van der Waals surface area contributed by atoms with Gasteiger partial charge in [-0.3, -0.25) is 0 Å². The van der Waals surface area contributed by atoms with Gasteiger partial charge in [-0.2, -0.15) is 0 Å². The van der Waals surface area contributed by atoms with Gasteiger partial charge in [-0.25, -0.2) is 0 Å². The van der Waals surface area contributed by atoms with Crippen molar-refractivity contribution < 1.29 is 0 Å². The Morgan fingerprint density at radius 2 is 1.42 bits per heavy atom. The second-order valence-corrected chi connectivity index (χ2v) is 17.7. The van der Waals surface area contributed by atoms with Crippen LogP contribution in [0.1, 0.15) is 57.2 Å². The molecule has 2 nitrogen and oxygen atoms in total. The van der Waals surface area contributed by atoms with Gasteiger partial charge in [0.2, 0.25) is 0 Å². The molecule has 1 radical (unpaired) electrons. The summed E-state index contributed by atoms with van der Waals surface area (Å²) in [5.41, 5.74) is 15.8. The van der Waals surface area contributed by atoms with E-state index in [2.05, 4.69) is 173 Å². The summed E-state index contributed by atoms with van der Waals surface area (Å²) in [6, 6.07) is 45.5. The molecule has 2 aromatic heterocycles. The van der Waals surface area contributed by atoms with Gasteiger partial charge in [0.05, 0.1) is 11.2 Å². The van der Waals surface area contributed by atoms with Crippen molar-refractivity contribution in [2.45, 2.75) is 58.3 Å². The van der Waals surface area contributed by atoms with E-state index in [4.69, 9.17) is 0 Å². The highest BCUT2D eigenvalue weighted by Crippen LogP contribution is 2.51. The number of anilines is 2. The Morgan fingerprint density at radius 1 is 0.679 bits per heavy atom. The summed E-state index contributed by atoms with van der Waals surface area (Å²) in [4.78, 5) is 0. The molecule has 7 aromatic carbocycles. The van der Waals surface area contributed by atoms with Crippen LogP contribution in [-0.2, 0) is 10.8 Å². The Bertz CT molecular complexity index is 3030. The van der Waals surface area contributed by atoms with E-state index in [1.807, 2.05) is 11.3 Å². The molecule has 0 fully saturated rings. The van der Waals surface area contributed by atoms with E-state index in [1.165, 1.54) is 121 Å². The van der Waals surface area contributed by atoms with E-state index in [-0.39, 0.29) is 10.8 Å². The molecule has 1 aliphatic heterocycles. The van der Waals surface area contributed by atoms with Gasteiger partial charge in [-0.15, -0.1) is 11.3 Å². The summed E-state index contributed by atoms with van der Waals surface area (Å²) in [5.74, 6) is 0. The number of fused-ring (bicyclic) bond motifs is 10. The molecule has 0 unspecified atom stereocenters. The molecular weight excluding hydrogens is 659 g/mol. The van der Waals surface area contributed by atoms with Gasteiger partial charge in [-0.05, 0) is 99.4 Å². The van der Waals surface area contributed by atoms with Gasteiger partial charge < -0.3 is 9.88 Å². The molecule has 255 valence electrons. The first-order chi connectivity index (χ1) is 25.7. The van der Waals surface area contributed by atoms with Gasteiger partial charge >= 0.3 is 0 Å². The second kappa shape index (κ2) is 10.9. The van der Waals surface area contributed by atoms with Crippen LogP contribution in [-0.4, -0.2) is 11.8 Å². The lowest BCUT2D eigenvalue weighted by molar-refractivity contribution is 0.330. The zero-order valence-corrected chi connectivity index (χ0v) is 31.7. The second-order valence-electron chi connectivity index (χ2n) is 16.7. The fourth-order valence-corrected chi connectivity index (χ4v) is 11.1. The molecule has 53 heavy (non-hydrogen) atoms. The fraction of sp³-hybridized carbons (Fsp3) is 0.184. The van der Waals surface area contributed by atoms with Crippen molar-refractivity contribution in [2.75, 3.05) is 5.32 Å². The Hall–Kier alpha value is -5.32. The molecule has 0 amide bonds. The summed E-state index contributed by atoms with van der Waals surface area (Å²) in [6.45, 7) is 12.1. The molecule has 2 aliphatic rings. The van der Waals surface area contributed by atoms with Crippen molar-refractivity contribution in [3.05, 3.63) is 138 Å². The van der Waals surface area contributed by atoms with Crippen LogP contribution in [0.4, 0.5) is 11.4 Å². The SMILES string of the molecule is Cc1c(Nc2c(-c3c4c(cc5ccccc35)-n3c5ccccc5c5cccc(c53)[B]4)ccc3sc4ccccc4c23)ccc2c1C(C)(C)CCC2(C)C. The van der Waals surface area contributed by atoms with Gasteiger partial charge in [-0.1, -0.05) is 124 Å². The minimum atomic E-state index is 0.110.